The number of aliphatic hydroxyl groups is 1. The van der Waals surface area contributed by atoms with Gasteiger partial charge in [-0.25, -0.2) is 0 Å². The molecule has 2 rings (SSSR count). The fourth-order valence-corrected chi connectivity index (χ4v) is 2.73. The first kappa shape index (κ1) is 15.7. The van der Waals surface area contributed by atoms with Crippen molar-refractivity contribution in [3.8, 4) is 0 Å². The standard InChI is InChI=1S/C16H22N2O3/c1-12(20)13-5-4-6-14(9-13)18-15(21)10-17-16(11-19)7-2-3-8-16/h4-6,9,17,19H,2-3,7-8,10-11H2,1H3,(H,18,21). The average Bonchev–Trinajstić information content (AvgIpc) is 2.95. The zero-order valence-electron chi connectivity index (χ0n) is 12.3. The summed E-state index contributed by atoms with van der Waals surface area (Å²) in [4.78, 5) is 23.3. The Kier molecular flexibility index (Phi) is 5.09. The van der Waals surface area contributed by atoms with Crippen molar-refractivity contribution < 1.29 is 14.7 Å². The van der Waals surface area contributed by atoms with Crippen LogP contribution in [0.25, 0.3) is 0 Å². The molecule has 0 aromatic heterocycles. The van der Waals surface area contributed by atoms with Crippen molar-refractivity contribution in [1.82, 2.24) is 5.32 Å². The van der Waals surface area contributed by atoms with Crippen molar-refractivity contribution in [2.24, 2.45) is 0 Å². The molecule has 114 valence electrons. The van der Waals surface area contributed by atoms with E-state index in [1.54, 1.807) is 24.3 Å². The molecule has 1 fully saturated rings. The lowest BCUT2D eigenvalue weighted by molar-refractivity contribution is -0.115. The number of hydrogen-bond donors (Lipinski definition) is 3. The van der Waals surface area contributed by atoms with Gasteiger partial charge in [0.2, 0.25) is 5.91 Å². The monoisotopic (exact) mass is 290 g/mol. The minimum atomic E-state index is -0.307. The third-order valence-corrected chi connectivity index (χ3v) is 4.04. The number of ketones is 1. The highest BCUT2D eigenvalue weighted by molar-refractivity contribution is 5.97. The second-order valence-electron chi connectivity index (χ2n) is 5.68. The molecule has 0 spiro atoms. The molecule has 0 heterocycles. The van der Waals surface area contributed by atoms with E-state index in [1.165, 1.54) is 6.92 Å². The van der Waals surface area contributed by atoms with Gasteiger partial charge in [-0.15, -0.1) is 0 Å². The average molecular weight is 290 g/mol. The fraction of sp³-hybridized carbons (Fsp3) is 0.500. The fourth-order valence-electron chi connectivity index (χ4n) is 2.73. The Labute approximate surface area is 124 Å². The molecule has 21 heavy (non-hydrogen) atoms. The third-order valence-electron chi connectivity index (χ3n) is 4.04. The van der Waals surface area contributed by atoms with Crippen LogP contribution in [0.4, 0.5) is 5.69 Å². The van der Waals surface area contributed by atoms with Crippen LogP contribution in [0.3, 0.4) is 0 Å². The molecule has 0 aliphatic heterocycles. The van der Waals surface area contributed by atoms with Crippen LogP contribution in [0, 0.1) is 0 Å². The SMILES string of the molecule is CC(=O)c1cccc(NC(=O)CNC2(CO)CCCC2)c1. The Morgan fingerprint density at radius 3 is 2.62 bits per heavy atom. The summed E-state index contributed by atoms with van der Waals surface area (Å²) in [6, 6.07) is 6.88. The Hall–Kier alpha value is -1.72. The van der Waals surface area contributed by atoms with Crippen LogP contribution < -0.4 is 10.6 Å². The predicted octanol–water partition coefficient (Wildman–Crippen LogP) is 1.72. The Balaban J connectivity index is 1.90. The zero-order valence-corrected chi connectivity index (χ0v) is 12.3. The van der Waals surface area contributed by atoms with Crippen LogP contribution in [0.15, 0.2) is 24.3 Å². The normalized spacial score (nSPS) is 16.7. The largest absolute Gasteiger partial charge is 0.394 e. The summed E-state index contributed by atoms with van der Waals surface area (Å²) in [6.45, 7) is 1.71. The second-order valence-corrected chi connectivity index (χ2v) is 5.68. The van der Waals surface area contributed by atoms with Crippen LogP contribution in [-0.2, 0) is 4.79 Å². The molecule has 0 radical (unpaired) electrons. The maximum atomic E-state index is 12.0. The highest BCUT2D eigenvalue weighted by Crippen LogP contribution is 2.28. The lowest BCUT2D eigenvalue weighted by Gasteiger charge is -2.27. The maximum Gasteiger partial charge on any atom is 0.238 e. The van der Waals surface area contributed by atoms with Gasteiger partial charge in [0.15, 0.2) is 5.78 Å². The van der Waals surface area contributed by atoms with E-state index >= 15 is 0 Å². The molecule has 1 amide bonds. The van der Waals surface area contributed by atoms with Gasteiger partial charge in [0.05, 0.1) is 13.2 Å². The Morgan fingerprint density at radius 1 is 1.29 bits per heavy atom. The van der Waals surface area contributed by atoms with Crippen LogP contribution in [0.1, 0.15) is 43.0 Å². The predicted molar refractivity (Wildman–Crippen MR) is 81.4 cm³/mol. The van der Waals surface area contributed by atoms with Gasteiger partial charge < -0.3 is 15.7 Å². The van der Waals surface area contributed by atoms with Gasteiger partial charge in [-0.2, -0.15) is 0 Å². The Morgan fingerprint density at radius 2 is 2.00 bits per heavy atom. The van der Waals surface area contributed by atoms with E-state index in [2.05, 4.69) is 10.6 Å². The van der Waals surface area contributed by atoms with Crippen molar-refractivity contribution in [3.63, 3.8) is 0 Å². The van der Waals surface area contributed by atoms with Crippen molar-refractivity contribution >= 4 is 17.4 Å². The molecule has 1 aromatic rings. The molecular weight excluding hydrogens is 268 g/mol. The van der Waals surface area contributed by atoms with Gasteiger partial charge in [-0.3, -0.25) is 9.59 Å². The molecule has 1 aromatic carbocycles. The number of carbonyl (C=O) groups excluding carboxylic acids is 2. The molecule has 0 bridgehead atoms. The van der Waals surface area contributed by atoms with Crippen LogP contribution in [0.5, 0.6) is 0 Å². The number of hydrogen-bond acceptors (Lipinski definition) is 4. The van der Waals surface area contributed by atoms with Crippen molar-refractivity contribution in [3.05, 3.63) is 29.8 Å². The molecule has 5 nitrogen and oxygen atoms in total. The number of amides is 1. The van der Waals surface area contributed by atoms with E-state index in [4.69, 9.17) is 0 Å². The van der Waals surface area contributed by atoms with E-state index < -0.39 is 0 Å². The number of nitrogens with one attached hydrogen (secondary N) is 2. The maximum absolute atomic E-state index is 12.0. The number of Topliss-reactive ketones (excluding diaryl/α,β-unsaturated/α-hetero) is 1. The molecule has 1 saturated carbocycles. The molecule has 1 aliphatic carbocycles. The van der Waals surface area contributed by atoms with Gasteiger partial charge in [0, 0.05) is 16.8 Å². The smallest absolute Gasteiger partial charge is 0.238 e. The molecule has 1 aliphatic rings. The topological polar surface area (TPSA) is 78.4 Å². The summed E-state index contributed by atoms with van der Waals surface area (Å²) < 4.78 is 0. The summed E-state index contributed by atoms with van der Waals surface area (Å²) in [5.41, 5.74) is 0.876. The number of aliphatic hydroxyl groups excluding tert-OH is 1. The third kappa shape index (κ3) is 4.12. The first-order valence-electron chi connectivity index (χ1n) is 7.31. The van der Waals surface area contributed by atoms with Gasteiger partial charge >= 0.3 is 0 Å². The molecule has 0 unspecified atom stereocenters. The molecule has 0 atom stereocenters. The first-order valence-corrected chi connectivity index (χ1v) is 7.31. The first-order chi connectivity index (χ1) is 10.0. The van der Waals surface area contributed by atoms with Gasteiger partial charge in [-0.1, -0.05) is 25.0 Å². The minimum absolute atomic E-state index is 0.0330. The molecule has 0 saturated heterocycles. The molecule has 3 N–H and O–H groups in total. The van der Waals surface area contributed by atoms with Crippen molar-refractivity contribution in [2.45, 2.75) is 38.1 Å². The number of rotatable bonds is 6. The van der Waals surface area contributed by atoms with E-state index in [-0.39, 0.29) is 30.4 Å². The molecular formula is C16H22N2O3. The highest BCUT2D eigenvalue weighted by atomic mass is 16.3. The summed E-state index contributed by atoms with van der Waals surface area (Å²) in [7, 11) is 0. The lowest BCUT2D eigenvalue weighted by Crippen LogP contribution is -2.49. The minimum Gasteiger partial charge on any atom is -0.394 e. The van der Waals surface area contributed by atoms with Gasteiger partial charge in [0.1, 0.15) is 0 Å². The van der Waals surface area contributed by atoms with Crippen LogP contribution in [-0.4, -0.2) is 35.5 Å². The van der Waals surface area contributed by atoms with Gasteiger partial charge in [-0.05, 0) is 31.9 Å². The summed E-state index contributed by atoms with van der Waals surface area (Å²) in [5.74, 6) is -0.204. The lowest BCUT2D eigenvalue weighted by atomic mass is 9.99. The highest BCUT2D eigenvalue weighted by Gasteiger charge is 2.32. The zero-order chi connectivity index (χ0) is 15.3. The number of benzene rings is 1. The summed E-state index contributed by atoms with van der Waals surface area (Å²) in [6.07, 6.45) is 3.96. The Bertz CT molecular complexity index is 522. The summed E-state index contributed by atoms with van der Waals surface area (Å²) >= 11 is 0. The number of anilines is 1. The van der Waals surface area contributed by atoms with E-state index in [0.29, 0.717) is 11.3 Å². The van der Waals surface area contributed by atoms with Crippen LogP contribution in [0.2, 0.25) is 0 Å². The van der Waals surface area contributed by atoms with Crippen LogP contribution >= 0.6 is 0 Å². The van der Waals surface area contributed by atoms with E-state index in [9.17, 15) is 14.7 Å². The van der Waals surface area contributed by atoms with Crippen molar-refractivity contribution in [2.75, 3.05) is 18.5 Å². The second kappa shape index (κ2) is 6.83. The quantitative estimate of drug-likeness (QED) is 0.697. The van der Waals surface area contributed by atoms with Gasteiger partial charge in [0.25, 0.3) is 0 Å². The van der Waals surface area contributed by atoms with E-state index in [0.717, 1.165) is 25.7 Å². The van der Waals surface area contributed by atoms with E-state index in [1.807, 2.05) is 0 Å². The van der Waals surface area contributed by atoms with Crippen molar-refractivity contribution in [1.29, 1.82) is 0 Å². The number of carbonyl (C=O) groups is 2. The summed E-state index contributed by atoms with van der Waals surface area (Å²) in [5, 5.41) is 15.4. The molecule has 5 heteroatoms.